The molecule has 0 aromatic heterocycles. The van der Waals surface area contributed by atoms with Gasteiger partial charge in [0.15, 0.2) is 0 Å². The molecule has 4 nitrogen and oxygen atoms in total. The Morgan fingerprint density at radius 2 is 1.88 bits per heavy atom. The van der Waals surface area contributed by atoms with Crippen molar-refractivity contribution in [2.45, 2.75) is 6.04 Å². The van der Waals surface area contributed by atoms with Gasteiger partial charge < -0.3 is 9.64 Å². The van der Waals surface area contributed by atoms with E-state index >= 15 is 0 Å². The van der Waals surface area contributed by atoms with Crippen LogP contribution in [0.5, 0.6) is 5.75 Å². The number of nitrogens with zero attached hydrogens (tertiary/aromatic N) is 1. The van der Waals surface area contributed by atoms with E-state index in [1.807, 2.05) is 6.07 Å². The number of carbonyl (C=O) groups excluding carboxylic acids is 2. The molecule has 1 atom stereocenters. The summed E-state index contributed by atoms with van der Waals surface area (Å²) in [5, 5.41) is 0.708. The first-order valence-electron chi connectivity index (χ1n) is 7.17. The van der Waals surface area contributed by atoms with Crippen LogP contribution in [0.2, 0.25) is 10.0 Å². The zero-order chi connectivity index (χ0) is 17.1. The number of amides is 1. The Kier molecular flexibility index (Phi) is 5.33. The van der Waals surface area contributed by atoms with Crippen LogP contribution in [0.15, 0.2) is 48.5 Å². The van der Waals surface area contributed by atoms with Gasteiger partial charge in [0.1, 0.15) is 11.8 Å². The van der Waals surface area contributed by atoms with Crippen LogP contribution in [-0.2, 0) is 4.79 Å². The maximum Gasteiger partial charge on any atom is 0.335 e. The van der Waals surface area contributed by atoms with Gasteiger partial charge in [0.2, 0.25) is 0 Å². The van der Waals surface area contributed by atoms with Gasteiger partial charge in [0.25, 0.3) is 5.91 Å². The second-order valence-corrected chi connectivity index (χ2v) is 7.00. The third kappa shape index (κ3) is 3.69. The fraction of sp³-hybridized carbons (Fsp3) is 0.176. The summed E-state index contributed by atoms with van der Waals surface area (Å²) in [5.41, 5.74) is 0.544. The molecule has 0 N–H and O–H groups in total. The van der Waals surface area contributed by atoms with Gasteiger partial charge in [-0.2, -0.15) is 0 Å². The highest BCUT2D eigenvalue weighted by molar-refractivity contribution is 7.99. The molecule has 1 amide bonds. The maximum absolute atomic E-state index is 12.6. The molecule has 1 heterocycles. The lowest BCUT2D eigenvalue weighted by Gasteiger charge is -2.22. The fourth-order valence-electron chi connectivity index (χ4n) is 2.32. The molecular formula is C17H13Cl2NO3S. The molecule has 2 aromatic rings. The summed E-state index contributed by atoms with van der Waals surface area (Å²) in [6.07, 6.45) is 0. The lowest BCUT2D eigenvalue weighted by molar-refractivity contribution is -0.138. The molecule has 2 aromatic carbocycles. The number of thioether (sulfide) groups is 1. The first-order chi connectivity index (χ1) is 11.6. The summed E-state index contributed by atoms with van der Waals surface area (Å²) in [6, 6.07) is 12.9. The number of halogens is 2. The van der Waals surface area contributed by atoms with Gasteiger partial charge in [-0.1, -0.05) is 41.4 Å². The summed E-state index contributed by atoms with van der Waals surface area (Å²) in [4.78, 5) is 26.6. The molecule has 1 aliphatic rings. The molecule has 0 bridgehead atoms. The minimum absolute atomic E-state index is 0.190. The molecule has 7 heteroatoms. The van der Waals surface area contributed by atoms with Gasteiger partial charge in [-0.05, 0) is 30.3 Å². The van der Waals surface area contributed by atoms with Gasteiger partial charge in [-0.15, -0.1) is 11.8 Å². The number of hydrogen-bond donors (Lipinski definition) is 0. The highest BCUT2D eigenvalue weighted by Gasteiger charge is 2.36. The number of carbonyl (C=O) groups is 2. The van der Waals surface area contributed by atoms with Crippen molar-refractivity contribution in [3.8, 4) is 5.75 Å². The van der Waals surface area contributed by atoms with E-state index in [2.05, 4.69) is 0 Å². The SMILES string of the molecule is O=C(Oc1ccc(Cl)cc1Cl)[C@@H]1CSCN1C(=O)c1ccccc1. The largest absolute Gasteiger partial charge is 0.423 e. The molecule has 24 heavy (non-hydrogen) atoms. The zero-order valence-corrected chi connectivity index (χ0v) is 14.8. The molecule has 1 fully saturated rings. The first-order valence-corrected chi connectivity index (χ1v) is 9.08. The van der Waals surface area contributed by atoms with Gasteiger partial charge in [-0.3, -0.25) is 4.79 Å². The molecular weight excluding hydrogens is 369 g/mol. The Hall–Kier alpha value is -1.69. The van der Waals surface area contributed by atoms with E-state index in [4.69, 9.17) is 27.9 Å². The molecule has 3 rings (SSSR count). The van der Waals surface area contributed by atoms with Gasteiger partial charge >= 0.3 is 5.97 Å². The van der Waals surface area contributed by atoms with Crippen LogP contribution in [0.4, 0.5) is 0 Å². The second kappa shape index (κ2) is 7.47. The highest BCUT2D eigenvalue weighted by Crippen LogP contribution is 2.30. The molecule has 0 saturated carbocycles. The summed E-state index contributed by atoms with van der Waals surface area (Å²) in [7, 11) is 0. The van der Waals surface area contributed by atoms with E-state index in [1.54, 1.807) is 30.3 Å². The Balaban J connectivity index is 1.75. The smallest absolute Gasteiger partial charge is 0.335 e. The predicted octanol–water partition coefficient (Wildman–Crippen LogP) is 4.11. The first kappa shape index (κ1) is 17.1. The van der Waals surface area contributed by atoms with Crippen molar-refractivity contribution in [2.24, 2.45) is 0 Å². The van der Waals surface area contributed by atoms with Crippen LogP contribution in [0.1, 0.15) is 10.4 Å². The molecule has 0 unspecified atom stereocenters. The van der Waals surface area contributed by atoms with Crippen LogP contribution in [0.3, 0.4) is 0 Å². The van der Waals surface area contributed by atoms with E-state index in [0.717, 1.165) is 0 Å². The predicted molar refractivity (Wildman–Crippen MR) is 95.8 cm³/mol. The number of ether oxygens (including phenoxy) is 1. The van der Waals surface area contributed by atoms with Crippen molar-refractivity contribution in [1.29, 1.82) is 0 Å². The van der Waals surface area contributed by atoms with Crippen LogP contribution in [-0.4, -0.2) is 34.4 Å². The van der Waals surface area contributed by atoms with E-state index < -0.39 is 12.0 Å². The maximum atomic E-state index is 12.6. The van der Waals surface area contributed by atoms with Crippen LogP contribution in [0.25, 0.3) is 0 Å². The minimum atomic E-state index is -0.644. The standard InChI is InChI=1S/C17H13Cl2NO3S/c18-12-6-7-15(13(19)8-12)23-17(22)14-9-24-10-20(14)16(21)11-4-2-1-3-5-11/h1-8,14H,9-10H2/t14-/m0/s1. The van der Waals surface area contributed by atoms with Crippen molar-refractivity contribution in [1.82, 2.24) is 4.90 Å². The molecule has 0 spiro atoms. The average Bonchev–Trinajstić information content (AvgIpc) is 3.07. The summed E-state index contributed by atoms with van der Waals surface area (Å²) >= 11 is 13.4. The van der Waals surface area contributed by atoms with Crippen molar-refractivity contribution in [3.63, 3.8) is 0 Å². The molecule has 1 saturated heterocycles. The third-order valence-electron chi connectivity index (χ3n) is 3.54. The Morgan fingerprint density at radius 3 is 2.58 bits per heavy atom. The van der Waals surface area contributed by atoms with Gasteiger partial charge in [0, 0.05) is 16.3 Å². The van der Waals surface area contributed by atoms with Crippen molar-refractivity contribution < 1.29 is 14.3 Å². The van der Waals surface area contributed by atoms with E-state index in [-0.39, 0.29) is 16.7 Å². The van der Waals surface area contributed by atoms with Crippen LogP contribution < -0.4 is 4.74 Å². The van der Waals surface area contributed by atoms with Gasteiger partial charge in [-0.25, -0.2) is 4.79 Å². The number of hydrogen-bond acceptors (Lipinski definition) is 4. The average molecular weight is 382 g/mol. The molecule has 124 valence electrons. The van der Waals surface area contributed by atoms with E-state index in [1.165, 1.54) is 28.8 Å². The van der Waals surface area contributed by atoms with E-state index in [0.29, 0.717) is 22.2 Å². The molecule has 1 aliphatic heterocycles. The summed E-state index contributed by atoms with van der Waals surface area (Å²) < 4.78 is 5.36. The topological polar surface area (TPSA) is 46.6 Å². The van der Waals surface area contributed by atoms with Gasteiger partial charge in [0.05, 0.1) is 10.9 Å². The third-order valence-corrected chi connectivity index (χ3v) is 5.08. The van der Waals surface area contributed by atoms with Crippen LogP contribution in [0, 0.1) is 0 Å². The minimum Gasteiger partial charge on any atom is -0.423 e. The number of esters is 1. The highest BCUT2D eigenvalue weighted by atomic mass is 35.5. The van der Waals surface area contributed by atoms with Crippen LogP contribution >= 0.6 is 35.0 Å². The molecule has 0 aliphatic carbocycles. The van der Waals surface area contributed by atoms with Crippen molar-refractivity contribution in [3.05, 3.63) is 64.1 Å². The van der Waals surface area contributed by atoms with Crippen molar-refractivity contribution >= 4 is 46.8 Å². The molecule has 0 radical (unpaired) electrons. The lowest BCUT2D eigenvalue weighted by Crippen LogP contribution is -2.43. The normalized spacial score (nSPS) is 16.9. The number of benzene rings is 2. The zero-order valence-electron chi connectivity index (χ0n) is 12.4. The number of rotatable bonds is 3. The Labute approximate surface area is 153 Å². The Bertz CT molecular complexity index is 770. The fourth-order valence-corrected chi connectivity index (χ4v) is 3.90. The quantitative estimate of drug-likeness (QED) is 0.592. The Morgan fingerprint density at radius 1 is 1.12 bits per heavy atom. The summed E-state index contributed by atoms with van der Waals surface area (Å²) in [5.74, 6) is 0.470. The van der Waals surface area contributed by atoms with Crippen molar-refractivity contribution in [2.75, 3.05) is 11.6 Å². The lowest BCUT2D eigenvalue weighted by atomic mass is 10.2. The monoisotopic (exact) mass is 381 g/mol. The summed E-state index contributed by atoms with van der Waals surface area (Å²) in [6.45, 7) is 0. The van der Waals surface area contributed by atoms with E-state index in [9.17, 15) is 9.59 Å². The second-order valence-electron chi connectivity index (χ2n) is 5.15.